The number of hydrogen-bond acceptors (Lipinski definition) is 3. The van der Waals surface area contributed by atoms with Gasteiger partial charge in [0.25, 0.3) is 0 Å². The van der Waals surface area contributed by atoms with Crippen LogP contribution >= 0.6 is 15.9 Å². The molecule has 1 N–H and O–H groups in total. The number of rotatable bonds is 1. The lowest BCUT2D eigenvalue weighted by atomic mass is 9.85. The van der Waals surface area contributed by atoms with Crippen molar-refractivity contribution in [3.05, 3.63) is 57.8 Å². The Morgan fingerprint density at radius 2 is 2.19 bits per heavy atom. The van der Waals surface area contributed by atoms with Gasteiger partial charge in [-0.05, 0) is 30.5 Å². The summed E-state index contributed by atoms with van der Waals surface area (Å²) in [5.41, 5.74) is 3.01. The Balaban J connectivity index is 1.93. The van der Waals surface area contributed by atoms with Crippen molar-refractivity contribution < 1.29 is 4.79 Å². The van der Waals surface area contributed by atoms with Crippen LogP contribution in [0.5, 0.6) is 0 Å². The Kier molecular flexibility index (Phi) is 2.96. The van der Waals surface area contributed by atoms with Gasteiger partial charge in [0.05, 0.1) is 6.20 Å². The number of carbonyl (C=O) groups excluding carboxylic acids is 1. The fourth-order valence-corrected chi connectivity index (χ4v) is 3.61. The summed E-state index contributed by atoms with van der Waals surface area (Å²) in [4.78, 5) is 12.5. The van der Waals surface area contributed by atoms with E-state index in [2.05, 4.69) is 38.5 Å². The van der Waals surface area contributed by atoms with E-state index in [4.69, 9.17) is 0 Å². The lowest BCUT2D eigenvalue weighted by molar-refractivity contribution is -0.116. The Hall–Kier alpha value is -1.88. The van der Waals surface area contributed by atoms with Crippen LogP contribution in [0.2, 0.25) is 0 Å². The largest absolute Gasteiger partial charge is 0.343 e. The highest BCUT2D eigenvalue weighted by Gasteiger charge is 2.35. The average Bonchev–Trinajstić information content (AvgIpc) is 2.93. The van der Waals surface area contributed by atoms with Crippen molar-refractivity contribution in [2.45, 2.75) is 25.3 Å². The minimum atomic E-state index is -0.128. The molecule has 5 heteroatoms. The molecule has 1 aliphatic carbocycles. The van der Waals surface area contributed by atoms with Crippen LogP contribution in [0, 0.1) is 0 Å². The van der Waals surface area contributed by atoms with Crippen molar-refractivity contribution in [2.24, 2.45) is 0 Å². The van der Waals surface area contributed by atoms with Crippen LogP contribution in [0.3, 0.4) is 0 Å². The predicted octanol–water partition coefficient (Wildman–Crippen LogP) is 3.67. The molecule has 0 fully saturated rings. The molecule has 0 amide bonds. The highest BCUT2D eigenvalue weighted by atomic mass is 79.9. The second-order valence-corrected chi connectivity index (χ2v) is 6.33. The molecule has 1 aliphatic heterocycles. The Morgan fingerprint density at radius 3 is 3.05 bits per heavy atom. The maximum absolute atomic E-state index is 12.5. The van der Waals surface area contributed by atoms with Gasteiger partial charge in [0.15, 0.2) is 5.78 Å². The number of nitrogens with zero attached hydrogens (tertiary/aromatic N) is 2. The van der Waals surface area contributed by atoms with Crippen molar-refractivity contribution in [3.63, 3.8) is 0 Å². The number of carbonyl (C=O) groups is 1. The SMILES string of the molecule is O=C1CCCC2=C1[C@H](c1cccc(Br)c1)n1nccc1N2. The summed E-state index contributed by atoms with van der Waals surface area (Å²) in [5, 5.41) is 7.79. The van der Waals surface area contributed by atoms with E-state index in [1.54, 1.807) is 6.20 Å². The summed E-state index contributed by atoms with van der Waals surface area (Å²) in [6, 6.07) is 9.93. The normalized spacial score (nSPS) is 20.8. The van der Waals surface area contributed by atoms with Crippen molar-refractivity contribution in [2.75, 3.05) is 5.32 Å². The number of aromatic nitrogens is 2. The van der Waals surface area contributed by atoms with Gasteiger partial charge in [0.1, 0.15) is 11.9 Å². The first-order valence-electron chi connectivity index (χ1n) is 7.06. The summed E-state index contributed by atoms with van der Waals surface area (Å²) in [6.07, 6.45) is 4.25. The van der Waals surface area contributed by atoms with Gasteiger partial charge in [-0.3, -0.25) is 4.79 Å². The molecule has 0 bridgehead atoms. The number of halogens is 1. The molecule has 1 atom stereocenters. The monoisotopic (exact) mass is 343 g/mol. The molecule has 0 saturated heterocycles. The fraction of sp³-hybridized carbons (Fsp3) is 0.250. The number of ketones is 1. The third-order valence-corrected chi connectivity index (χ3v) is 4.58. The van der Waals surface area contributed by atoms with Crippen LogP contribution < -0.4 is 5.32 Å². The van der Waals surface area contributed by atoms with E-state index in [1.165, 1.54) is 0 Å². The smallest absolute Gasteiger partial charge is 0.163 e. The zero-order chi connectivity index (χ0) is 14.4. The average molecular weight is 344 g/mol. The lowest BCUT2D eigenvalue weighted by Gasteiger charge is -2.33. The Morgan fingerprint density at radius 1 is 1.29 bits per heavy atom. The van der Waals surface area contributed by atoms with Crippen molar-refractivity contribution in [1.82, 2.24) is 9.78 Å². The van der Waals surface area contributed by atoms with Gasteiger partial charge in [-0.25, -0.2) is 4.68 Å². The van der Waals surface area contributed by atoms with Crippen LogP contribution in [-0.4, -0.2) is 15.6 Å². The highest BCUT2D eigenvalue weighted by Crippen LogP contribution is 2.40. The molecule has 2 aliphatic rings. The maximum atomic E-state index is 12.5. The minimum Gasteiger partial charge on any atom is -0.343 e. The molecule has 4 rings (SSSR count). The summed E-state index contributed by atoms with van der Waals surface area (Å²) < 4.78 is 2.92. The molecule has 1 aromatic carbocycles. The zero-order valence-corrected chi connectivity index (χ0v) is 12.9. The van der Waals surface area contributed by atoms with E-state index in [1.807, 2.05) is 22.9 Å². The van der Waals surface area contributed by atoms with E-state index >= 15 is 0 Å². The maximum Gasteiger partial charge on any atom is 0.163 e. The van der Waals surface area contributed by atoms with Crippen molar-refractivity contribution in [1.29, 1.82) is 0 Å². The number of allylic oxidation sites excluding steroid dienone is 2. The van der Waals surface area contributed by atoms with Crippen LogP contribution in [0.25, 0.3) is 0 Å². The first kappa shape index (κ1) is 12.8. The van der Waals surface area contributed by atoms with Gasteiger partial charge in [-0.1, -0.05) is 28.1 Å². The van der Waals surface area contributed by atoms with E-state index in [0.29, 0.717) is 6.42 Å². The van der Waals surface area contributed by atoms with Gasteiger partial charge in [-0.15, -0.1) is 0 Å². The first-order valence-corrected chi connectivity index (χ1v) is 7.85. The number of Topliss-reactive ketones (excluding diaryl/α,β-unsaturated/α-hetero) is 1. The Labute approximate surface area is 131 Å². The van der Waals surface area contributed by atoms with E-state index in [0.717, 1.165) is 40.0 Å². The van der Waals surface area contributed by atoms with Crippen LogP contribution in [0.15, 0.2) is 52.3 Å². The molecule has 0 spiro atoms. The topological polar surface area (TPSA) is 46.9 Å². The van der Waals surface area contributed by atoms with Gasteiger partial charge >= 0.3 is 0 Å². The van der Waals surface area contributed by atoms with Crippen molar-refractivity contribution in [3.8, 4) is 0 Å². The third kappa shape index (κ3) is 2.03. The predicted molar refractivity (Wildman–Crippen MR) is 84.0 cm³/mol. The molecule has 106 valence electrons. The standard InChI is InChI=1S/C16H14BrN3O/c17-11-4-1-3-10(9-11)16-15-12(5-2-6-13(15)21)19-14-7-8-18-20(14)16/h1,3-4,7-9,16,19H,2,5-6H2/t16-/m0/s1. The minimum absolute atomic E-state index is 0.128. The van der Waals surface area contributed by atoms with Gasteiger partial charge in [-0.2, -0.15) is 5.10 Å². The van der Waals surface area contributed by atoms with E-state index in [-0.39, 0.29) is 11.8 Å². The molecule has 0 unspecified atom stereocenters. The Bertz CT molecular complexity index is 762. The molecule has 0 radical (unpaired) electrons. The van der Waals surface area contributed by atoms with Gasteiger partial charge in [0.2, 0.25) is 0 Å². The fourth-order valence-electron chi connectivity index (χ4n) is 3.19. The molecule has 0 saturated carbocycles. The molecule has 2 heterocycles. The van der Waals surface area contributed by atoms with Crippen LogP contribution in [0.4, 0.5) is 5.82 Å². The number of nitrogens with one attached hydrogen (secondary N) is 1. The molecule has 2 aromatic rings. The van der Waals surface area contributed by atoms with Gasteiger partial charge < -0.3 is 5.32 Å². The number of fused-ring (bicyclic) bond motifs is 1. The number of anilines is 1. The summed E-state index contributed by atoms with van der Waals surface area (Å²) >= 11 is 3.52. The summed E-state index contributed by atoms with van der Waals surface area (Å²) in [7, 11) is 0. The highest BCUT2D eigenvalue weighted by molar-refractivity contribution is 9.10. The third-order valence-electron chi connectivity index (χ3n) is 4.09. The molecule has 1 aromatic heterocycles. The quantitative estimate of drug-likeness (QED) is 0.859. The van der Waals surface area contributed by atoms with E-state index < -0.39 is 0 Å². The summed E-state index contributed by atoms with van der Waals surface area (Å²) in [5.74, 6) is 1.18. The molecule has 4 nitrogen and oxygen atoms in total. The first-order chi connectivity index (χ1) is 10.2. The second-order valence-electron chi connectivity index (χ2n) is 5.41. The van der Waals surface area contributed by atoms with E-state index in [9.17, 15) is 4.79 Å². The van der Waals surface area contributed by atoms with Crippen molar-refractivity contribution >= 4 is 27.5 Å². The second kappa shape index (κ2) is 4.84. The van der Waals surface area contributed by atoms with Gasteiger partial charge in [0, 0.05) is 28.2 Å². The lowest BCUT2D eigenvalue weighted by Crippen LogP contribution is -2.31. The number of benzene rings is 1. The molecular weight excluding hydrogens is 330 g/mol. The zero-order valence-electron chi connectivity index (χ0n) is 11.3. The van der Waals surface area contributed by atoms with Crippen LogP contribution in [0.1, 0.15) is 30.9 Å². The summed E-state index contributed by atoms with van der Waals surface area (Å²) in [6.45, 7) is 0. The van der Waals surface area contributed by atoms with Crippen LogP contribution in [-0.2, 0) is 4.79 Å². The molecule has 21 heavy (non-hydrogen) atoms. The number of hydrogen-bond donors (Lipinski definition) is 1. The molecular formula is C16H14BrN3O.